The summed E-state index contributed by atoms with van der Waals surface area (Å²) in [5.74, 6) is 0.122. The van der Waals surface area contributed by atoms with Gasteiger partial charge in [0.2, 0.25) is 0 Å². The Morgan fingerprint density at radius 1 is 1.19 bits per heavy atom. The summed E-state index contributed by atoms with van der Waals surface area (Å²) in [6.07, 6.45) is 6.71. The number of aromatic amines is 1. The minimum atomic E-state index is -0.327. The van der Waals surface area contributed by atoms with Crippen LogP contribution >= 0.6 is 0 Å². The highest BCUT2D eigenvalue weighted by molar-refractivity contribution is 5.76. The molecule has 1 unspecified atom stereocenters. The number of pyridine rings is 1. The lowest BCUT2D eigenvalue weighted by atomic mass is 10.0. The lowest BCUT2D eigenvalue weighted by Crippen LogP contribution is -2.55. The maximum Gasteiger partial charge on any atom is 0.251 e. The summed E-state index contributed by atoms with van der Waals surface area (Å²) >= 11 is 0. The number of piperazine rings is 1. The summed E-state index contributed by atoms with van der Waals surface area (Å²) in [5.41, 5.74) is 2.02. The van der Waals surface area contributed by atoms with Gasteiger partial charge in [0.1, 0.15) is 0 Å². The SMILES string of the molecule is CCc1ccc([C@@H]2CC[C@H](N3CCN(C4N=CC(F)=CN4)CC3)C2)[nH]c1=O. The number of aliphatic imine (C=N–C) groups is 1. The zero-order valence-corrected chi connectivity index (χ0v) is 15.8. The van der Waals surface area contributed by atoms with Crippen LogP contribution in [0.1, 0.15) is 43.4 Å². The number of nitrogens with one attached hydrogen (secondary N) is 2. The highest BCUT2D eigenvalue weighted by Crippen LogP contribution is 2.36. The fourth-order valence-corrected chi connectivity index (χ4v) is 4.53. The van der Waals surface area contributed by atoms with Gasteiger partial charge in [-0.05, 0) is 31.7 Å². The number of allylic oxidation sites excluding steroid dienone is 1. The van der Waals surface area contributed by atoms with Gasteiger partial charge < -0.3 is 10.3 Å². The molecule has 0 amide bonds. The Morgan fingerprint density at radius 2 is 1.96 bits per heavy atom. The van der Waals surface area contributed by atoms with Crippen LogP contribution in [0.5, 0.6) is 0 Å². The molecule has 1 aliphatic carbocycles. The maximum atomic E-state index is 13.0. The number of nitrogens with zero attached hydrogens (tertiary/aromatic N) is 3. The predicted octanol–water partition coefficient (Wildman–Crippen LogP) is 1.96. The first kappa shape index (κ1) is 18.4. The quantitative estimate of drug-likeness (QED) is 0.847. The average Bonchev–Trinajstić information content (AvgIpc) is 3.19. The van der Waals surface area contributed by atoms with E-state index in [4.69, 9.17) is 0 Å². The Bertz CT molecular complexity index is 781. The van der Waals surface area contributed by atoms with Crippen LogP contribution in [-0.2, 0) is 6.42 Å². The Kier molecular flexibility index (Phi) is 5.41. The first-order valence-corrected chi connectivity index (χ1v) is 9.99. The molecule has 27 heavy (non-hydrogen) atoms. The number of hydrogen-bond acceptors (Lipinski definition) is 5. The van der Waals surface area contributed by atoms with Crippen LogP contribution in [0.25, 0.3) is 0 Å². The van der Waals surface area contributed by atoms with E-state index in [9.17, 15) is 9.18 Å². The van der Waals surface area contributed by atoms with Gasteiger partial charge in [-0.25, -0.2) is 4.39 Å². The molecule has 6 nitrogen and oxygen atoms in total. The van der Waals surface area contributed by atoms with Gasteiger partial charge in [-0.1, -0.05) is 13.0 Å². The third kappa shape index (κ3) is 3.99. The molecule has 2 aliphatic heterocycles. The van der Waals surface area contributed by atoms with Gasteiger partial charge in [0.05, 0.1) is 6.21 Å². The molecule has 2 fully saturated rings. The lowest BCUT2D eigenvalue weighted by molar-refractivity contribution is 0.0655. The minimum absolute atomic E-state index is 0.0677. The summed E-state index contributed by atoms with van der Waals surface area (Å²) in [5, 5.41) is 3.00. The van der Waals surface area contributed by atoms with E-state index in [2.05, 4.69) is 31.2 Å². The number of halogens is 1. The lowest BCUT2D eigenvalue weighted by Gasteiger charge is -2.40. The molecule has 1 saturated heterocycles. The van der Waals surface area contributed by atoms with Gasteiger partial charge in [-0.3, -0.25) is 19.6 Å². The van der Waals surface area contributed by atoms with E-state index in [1.54, 1.807) is 0 Å². The fourth-order valence-electron chi connectivity index (χ4n) is 4.53. The first-order chi connectivity index (χ1) is 13.1. The van der Waals surface area contributed by atoms with Crippen LogP contribution in [0.3, 0.4) is 0 Å². The Morgan fingerprint density at radius 3 is 2.63 bits per heavy atom. The van der Waals surface area contributed by atoms with Gasteiger partial charge >= 0.3 is 0 Å². The molecule has 146 valence electrons. The second kappa shape index (κ2) is 7.94. The maximum absolute atomic E-state index is 13.0. The fraction of sp³-hybridized carbons (Fsp3) is 0.600. The van der Waals surface area contributed by atoms with Crippen molar-refractivity contribution in [2.45, 2.75) is 50.9 Å². The zero-order valence-electron chi connectivity index (χ0n) is 15.8. The van der Waals surface area contributed by atoms with E-state index in [0.29, 0.717) is 12.0 Å². The molecule has 3 aliphatic rings. The van der Waals surface area contributed by atoms with Gasteiger partial charge in [0.15, 0.2) is 12.1 Å². The largest absolute Gasteiger partial charge is 0.355 e. The zero-order chi connectivity index (χ0) is 18.8. The van der Waals surface area contributed by atoms with Crippen molar-refractivity contribution in [1.82, 2.24) is 20.1 Å². The van der Waals surface area contributed by atoms with E-state index in [-0.39, 0.29) is 17.7 Å². The van der Waals surface area contributed by atoms with E-state index in [1.165, 1.54) is 18.8 Å². The smallest absolute Gasteiger partial charge is 0.251 e. The van der Waals surface area contributed by atoms with Crippen molar-refractivity contribution in [2.75, 3.05) is 26.2 Å². The standard InChI is InChI=1S/C20H28FN5O/c1-2-14-4-6-18(24-19(14)27)15-3-5-17(11-15)25-7-9-26(10-8-25)20-22-12-16(21)13-23-20/h4,6,12-13,15,17,20,22H,2-3,5,7-11H2,1H3,(H,24,27)/t15-,17+,20?/m1/s1. The van der Waals surface area contributed by atoms with Crippen LogP contribution < -0.4 is 10.9 Å². The van der Waals surface area contributed by atoms with Crippen LogP contribution in [0.15, 0.2) is 33.9 Å². The minimum Gasteiger partial charge on any atom is -0.355 e. The van der Waals surface area contributed by atoms with Crippen molar-refractivity contribution >= 4 is 6.21 Å². The summed E-state index contributed by atoms with van der Waals surface area (Å²) in [6.45, 7) is 5.86. The molecule has 4 rings (SSSR count). The van der Waals surface area contributed by atoms with Crippen LogP contribution in [0.2, 0.25) is 0 Å². The Hall–Kier alpha value is -1.99. The van der Waals surface area contributed by atoms with Crippen LogP contribution in [-0.4, -0.2) is 59.5 Å². The number of aromatic nitrogens is 1. The Balaban J connectivity index is 1.31. The van der Waals surface area contributed by atoms with Crippen molar-refractivity contribution in [2.24, 2.45) is 4.99 Å². The van der Waals surface area contributed by atoms with Crippen molar-refractivity contribution < 1.29 is 4.39 Å². The average molecular weight is 373 g/mol. The second-order valence-corrected chi connectivity index (χ2v) is 7.71. The van der Waals surface area contributed by atoms with Gasteiger partial charge in [0.25, 0.3) is 5.56 Å². The van der Waals surface area contributed by atoms with Gasteiger partial charge in [0, 0.05) is 55.6 Å². The molecule has 0 radical (unpaired) electrons. The summed E-state index contributed by atoms with van der Waals surface area (Å²) in [7, 11) is 0. The van der Waals surface area contributed by atoms with Crippen LogP contribution in [0.4, 0.5) is 4.39 Å². The summed E-state index contributed by atoms with van der Waals surface area (Å²) in [6, 6.07) is 4.66. The molecule has 3 heterocycles. The molecule has 3 atom stereocenters. The number of H-pyrrole nitrogens is 1. The van der Waals surface area contributed by atoms with Crippen molar-refractivity contribution in [3.05, 3.63) is 45.8 Å². The van der Waals surface area contributed by atoms with Crippen molar-refractivity contribution in [3.8, 4) is 0 Å². The second-order valence-electron chi connectivity index (χ2n) is 7.71. The van der Waals surface area contributed by atoms with E-state index in [0.717, 1.165) is 56.7 Å². The van der Waals surface area contributed by atoms with Gasteiger partial charge in [-0.15, -0.1) is 0 Å². The first-order valence-electron chi connectivity index (χ1n) is 9.99. The topological polar surface area (TPSA) is 63.7 Å². The molecule has 0 aromatic carbocycles. The Labute approximate surface area is 159 Å². The predicted molar refractivity (Wildman–Crippen MR) is 105 cm³/mol. The number of aryl methyl sites for hydroxylation is 1. The highest BCUT2D eigenvalue weighted by atomic mass is 19.1. The summed E-state index contributed by atoms with van der Waals surface area (Å²) in [4.78, 5) is 24.3. The van der Waals surface area contributed by atoms with Crippen LogP contribution in [0, 0.1) is 0 Å². The molecule has 1 aromatic rings. The van der Waals surface area contributed by atoms with Crippen molar-refractivity contribution in [3.63, 3.8) is 0 Å². The highest BCUT2D eigenvalue weighted by Gasteiger charge is 2.33. The molecule has 1 saturated carbocycles. The molecular formula is C20H28FN5O. The van der Waals surface area contributed by atoms with E-state index >= 15 is 0 Å². The van der Waals surface area contributed by atoms with E-state index < -0.39 is 0 Å². The van der Waals surface area contributed by atoms with Crippen molar-refractivity contribution in [1.29, 1.82) is 0 Å². The third-order valence-electron chi connectivity index (χ3n) is 6.16. The van der Waals surface area contributed by atoms with Gasteiger partial charge in [-0.2, -0.15) is 0 Å². The normalized spacial score (nSPS) is 29.6. The molecule has 0 bridgehead atoms. The molecule has 2 N–H and O–H groups in total. The number of hydrogen-bond donors (Lipinski definition) is 2. The monoisotopic (exact) mass is 373 g/mol. The van der Waals surface area contributed by atoms with E-state index in [1.807, 2.05) is 13.0 Å². The molecule has 7 heteroatoms. The third-order valence-corrected chi connectivity index (χ3v) is 6.16. The molecular weight excluding hydrogens is 345 g/mol. The molecule has 0 spiro atoms. The summed E-state index contributed by atoms with van der Waals surface area (Å²) < 4.78 is 13.0. The molecule has 1 aromatic heterocycles. The number of rotatable bonds is 4.